The molecule has 1 amide bonds. The molecule has 0 radical (unpaired) electrons. The van der Waals surface area contributed by atoms with E-state index in [0.717, 1.165) is 6.07 Å². The Morgan fingerprint density at radius 2 is 2.12 bits per heavy atom. The van der Waals surface area contributed by atoms with E-state index in [1.807, 2.05) is 0 Å². The van der Waals surface area contributed by atoms with E-state index < -0.39 is 24.0 Å². The standard InChI is InChI=1S/C7H4BrF3N2O3/c8-4-2-1-3(12-6(14)15)5(13-4)16-7(9,10)11/h1-2,12H,(H,14,15). The Balaban J connectivity index is 3.03. The number of hydrogen-bond donors (Lipinski definition) is 2. The normalized spacial score (nSPS) is 11.0. The second-order valence-corrected chi connectivity index (χ2v) is 3.28. The van der Waals surface area contributed by atoms with Crippen LogP contribution in [0.3, 0.4) is 0 Å². The molecule has 1 aromatic heterocycles. The summed E-state index contributed by atoms with van der Waals surface area (Å²) in [5.74, 6) is -0.871. The van der Waals surface area contributed by atoms with Gasteiger partial charge in [-0.3, -0.25) is 5.32 Å². The summed E-state index contributed by atoms with van der Waals surface area (Å²) in [7, 11) is 0. The molecule has 1 heterocycles. The zero-order chi connectivity index (χ0) is 12.3. The molecule has 0 aliphatic rings. The predicted octanol–water partition coefficient (Wildman–Crippen LogP) is 2.83. The molecule has 16 heavy (non-hydrogen) atoms. The minimum Gasteiger partial charge on any atom is -0.465 e. The molecule has 0 saturated heterocycles. The Labute approximate surface area is 95.4 Å². The number of ether oxygens (including phenoxy) is 1. The first-order valence-electron chi connectivity index (χ1n) is 3.70. The molecule has 0 fully saturated rings. The zero-order valence-corrected chi connectivity index (χ0v) is 8.96. The Bertz CT molecular complexity index is 410. The number of hydrogen-bond acceptors (Lipinski definition) is 3. The molecule has 0 spiro atoms. The lowest BCUT2D eigenvalue weighted by Gasteiger charge is -2.11. The molecule has 5 nitrogen and oxygen atoms in total. The van der Waals surface area contributed by atoms with E-state index in [2.05, 4.69) is 25.7 Å². The lowest BCUT2D eigenvalue weighted by atomic mass is 10.4. The fourth-order valence-corrected chi connectivity index (χ4v) is 1.11. The van der Waals surface area contributed by atoms with Crippen LogP contribution in [-0.2, 0) is 0 Å². The third-order valence-electron chi connectivity index (χ3n) is 1.28. The van der Waals surface area contributed by atoms with Crippen molar-refractivity contribution in [1.82, 2.24) is 4.98 Å². The van der Waals surface area contributed by atoms with Gasteiger partial charge in [0, 0.05) is 0 Å². The van der Waals surface area contributed by atoms with Gasteiger partial charge in [0.1, 0.15) is 10.3 Å². The number of anilines is 1. The summed E-state index contributed by atoms with van der Waals surface area (Å²) in [4.78, 5) is 13.6. The Morgan fingerprint density at radius 1 is 1.50 bits per heavy atom. The van der Waals surface area contributed by atoms with Crippen molar-refractivity contribution in [1.29, 1.82) is 0 Å². The van der Waals surface area contributed by atoms with Crippen molar-refractivity contribution in [3.8, 4) is 5.88 Å². The van der Waals surface area contributed by atoms with Gasteiger partial charge in [-0.05, 0) is 28.1 Å². The van der Waals surface area contributed by atoms with Gasteiger partial charge in [-0.15, -0.1) is 13.2 Å². The van der Waals surface area contributed by atoms with Gasteiger partial charge in [0.2, 0.25) is 5.88 Å². The van der Waals surface area contributed by atoms with Gasteiger partial charge < -0.3 is 9.84 Å². The molecule has 1 aromatic rings. The van der Waals surface area contributed by atoms with E-state index in [-0.39, 0.29) is 4.60 Å². The van der Waals surface area contributed by atoms with Crippen LogP contribution < -0.4 is 10.1 Å². The zero-order valence-electron chi connectivity index (χ0n) is 7.38. The quantitative estimate of drug-likeness (QED) is 0.824. The van der Waals surface area contributed by atoms with Gasteiger partial charge in [0.25, 0.3) is 0 Å². The molecule has 1 rings (SSSR count). The van der Waals surface area contributed by atoms with Crippen LogP contribution in [0.2, 0.25) is 0 Å². The molecule has 0 bridgehead atoms. The smallest absolute Gasteiger partial charge is 0.465 e. The van der Waals surface area contributed by atoms with Crippen LogP contribution in [-0.4, -0.2) is 22.5 Å². The summed E-state index contributed by atoms with van der Waals surface area (Å²) in [6.45, 7) is 0. The molecule has 88 valence electrons. The highest BCUT2D eigenvalue weighted by Gasteiger charge is 2.33. The minimum atomic E-state index is -4.94. The van der Waals surface area contributed by atoms with Crippen molar-refractivity contribution in [3.63, 3.8) is 0 Å². The number of rotatable bonds is 2. The topological polar surface area (TPSA) is 71.5 Å². The SMILES string of the molecule is O=C(O)Nc1ccc(Br)nc1OC(F)(F)F. The largest absolute Gasteiger partial charge is 0.574 e. The van der Waals surface area contributed by atoms with Gasteiger partial charge in [-0.25, -0.2) is 9.78 Å². The number of carbonyl (C=O) groups is 1. The minimum absolute atomic E-state index is 0.0858. The first kappa shape index (κ1) is 12.6. The highest BCUT2D eigenvalue weighted by Crippen LogP contribution is 2.29. The fraction of sp³-hybridized carbons (Fsp3) is 0.143. The van der Waals surface area contributed by atoms with Gasteiger partial charge in [-0.1, -0.05) is 0 Å². The van der Waals surface area contributed by atoms with Crippen molar-refractivity contribution >= 4 is 27.7 Å². The van der Waals surface area contributed by atoms with E-state index in [0.29, 0.717) is 0 Å². The van der Waals surface area contributed by atoms with Gasteiger partial charge in [-0.2, -0.15) is 0 Å². The van der Waals surface area contributed by atoms with Crippen LogP contribution in [0.1, 0.15) is 0 Å². The number of nitrogens with zero attached hydrogens (tertiary/aromatic N) is 1. The molecule has 0 aromatic carbocycles. The van der Waals surface area contributed by atoms with Crippen LogP contribution in [0, 0.1) is 0 Å². The van der Waals surface area contributed by atoms with E-state index in [4.69, 9.17) is 5.11 Å². The first-order chi connectivity index (χ1) is 7.28. The number of amides is 1. The average molecular weight is 301 g/mol. The predicted molar refractivity (Wildman–Crippen MR) is 50.3 cm³/mol. The summed E-state index contributed by atoms with van der Waals surface area (Å²) in [5.41, 5.74) is -0.395. The first-order valence-corrected chi connectivity index (χ1v) is 4.49. The molecule has 0 aliphatic heterocycles. The third kappa shape index (κ3) is 3.93. The summed E-state index contributed by atoms with van der Waals surface area (Å²) >= 11 is 2.84. The number of pyridine rings is 1. The van der Waals surface area contributed by atoms with Crippen LogP contribution >= 0.6 is 15.9 Å². The number of nitrogens with one attached hydrogen (secondary N) is 1. The maximum Gasteiger partial charge on any atom is 0.574 e. The van der Waals surface area contributed by atoms with Crippen molar-refractivity contribution in [3.05, 3.63) is 16.7 Å². The Hall–Kier alpha value is -1.51. The highest BCUT2D eigenvalue weighted by molar-refractivity contribution is 9.10. The maximum atomic E-state index is 11.9. The highest BCUT2D eigenvalue weighted by atomic mass is 79.9. The molecular weight excluding hydrogens is 297 g/mol. The van der Waals surface area contributed by atoms with E-state index in [1.54, 1.807) is 5.32 Å². The molecule has 9 heteroatoms. The summed E-state index contributed by atoms with van der Waals surface area (Å²) in [6.07, 6.45) is -6.46. The van der Waals surface area contributed by atoms with Crippen LogP contribution in [0.5, 0.6) is 5.88 Å². The van der Waals surface area contributed by atoms with Gasteiger partial charge >= 0.3 is 12.5 Å². The number of halogens is 4. The van der Waals surface area contributed by atoms with Crippen LogP contribution in [0.4, 0.5) is 23.7 Å². The average Bonchev–Trinajstić information content (AvgIpc) is 2.06. The molecule has 0 aliphatic carbocycles. The molecule has 0 atom stereocenters. The lowest BCUT2D eigenvalue weighted by Crippen LogP contribution is -2.20. The van der Waals surface area contributed by atoms with Crippen LogP contribution in [0.25, 0.3) is 0 Å². The summed E-state index contributed by atoms with van der Waals surface area (Å²) in [5, 5.41) is 10.1. The molecule has 0 saturated carbocycles. The fourth-order valence-electron chi connectivity index (χ4n) is 0.816. The second kappa shape index (κ2) is 4.56. The Kier molecular flexibility index (Phi) is 3.58. The summed E-state index contributed by atoms with van der Waals surface area (Å²) in [6, 6.07) is 2.36. The van der Waals surface area contributed by atoms with Crippen molar-refractivity contribution in [2.24, 2.45) is 0 Å². The van der Waals surface area contributed by atoms with E-state index >= 15 is 0 Å². The van der Waals surface area contributed by atoms with Gasteiger partial charge in [0.15, 0.2) is 0 Å². The van der Waals surface area contributed by atoms with E-state index in [1.165, 1.54) is 6.07 Å². The van der Waals surface area contributed by atoms with Crippen molar-refractivity contribution in [2.75, 3.05) is 5.32 Å². The number of aromatic nitrogens is 1. The molecule has 2 N–H and O–H groups in total. The molecular formula is C7H4BrF3N2O3. The summed E-state index contributed by atoms with van der Waals surface area (Å²) < 4.78 is 39.4. The lowest BCUT2D eigenvalue weighted by molar-refractivity contribution is -0.275. The van der Waals surface area contributed by atoms with Crippen LogP contribution in [0.15, 0.2) is 16.7 Å². The van der Waals surface area contributed by atoms with Crippen molar-refractivity contribution in [2.45, 2.75) is 6.36 Å². The number of carboxylic acid groups (broad SMARTS) is 1. The van der Waals surface area contributed by atoms with Gasteiger partial charge in [0.05, 0.1) is 0 Å². The molecule has 0 unspecified atom stereocenters. The monoisotopic (exact) mass is 300 g/mol. The Morgan fingerprint density at radius 3 is 2.62 bits per heavy atom. The maximum absolute atomic E-state index is 11.9. The van der Waals surface area contributed by atoms with E-state index in [9.17, 15) is 18.0 Å². The second-order valence-electron chi connectivity index (χ2n) is 2.46. The number of alkyl halides is 3. The van der Waals surface area contributed by atoms with Crippen molar-refractivity contribution < 1.29 is 27.8 Å². The third-order valence-corrected chi connectivity index (χ3v) is 1.72.